The summed E-state index contributed by atoms with van der Waals surface area (Å²) < 4.78 is 14.8. The minimum atomic E-state index is -0.854. The van der Waals surface area contributed by atoms with Gasteiger partial charge in [0.15, 0.2) is 0 Å². The molecule has 124 valence electrons. The van der Waals surface area contributed by atoms with Crippen LogP contribution >= 0.6 is 22.6 Å². The van der Waals surface area contributed by atoms with Gasteiger partial charge in [-0.2, -0.15) is 0 Å². The highest BCUT2D eigenvalue weighted by Crippen LogP contribution is 2.34. The zero-order chi connectivity index (χ0) is 17.3. The number of hydrogen-bond acceptors (Lipinski definition) is 2. The molecule has 1 aliphatic rings. The van der Waals surface area contributed by atoms with Crippen molar-refractivity contribution >= 4 is 40.1 Å². The lowest BCUT2D eigenvalue weighted by Gasteiger charge is -2.17. The Kier molecular flexibility index (Phi) is 4.84. The number of benzene rings is 2. The quantitative estimate of drug-likeness (QED) is 0.591. The number of para-hydroxylation sites is 1. The minimum Gasteiger partial charge on any atom is -0.344 e. The van der Waals surface area contributed by atoms with E-state index in [4.69, 9.17) is 0 Å². The second-order valence-electron chi connectivity index (χ2n) is 5.83. The first-order chi connectivity index (χ1) is 11.5. The molecule has 0 bridgehead atoms. The molecule has 0 aromatic heterocycles. The summed E-state index contributed by atoms with van der Waals surface area (Å²) in [6, 6.07) is 13.7. The van der Waals surface area contributed by atoms with Crippen LogP contribution in [0.1, 0.15) is 11.5 Å². The van der Waals surface area contributed by atoms with Crippen LogP contribution in [-0.4, -0.2) is 30.3 Å². The number of carbonyl (C=O) groups is 2. The number of nitrogens with one attached hydrogen (secondary N) is 1. The Morgan fingerprint density at radius 3 is 2.71 bits per heavy atom. The third-order valence-corrected chi connectivity index (χ3v) is 4.88. The molecular formula is C18H16FIN2O2. The van der Waals surface area contributed by atoms with Crippen molar-refractivity contribution in [3.63, 3.8) is 0 Å². The third kappa shape index (κ3) is 3.28. The maximum absolute atomic E-state index is 13.8. The molecule has 2 atom stereocenters. The Bertz CT molecular complexity index is 796. The van der Waals surface area contributed by atoms with Crippen LogP contribution < -0.4 is 5.32 Å². The summed E-state index contributed by atoms with van der Waals surface area (Å²) in [4.78, 5) is 26.7. The third-order valence-electron chi connectivity index (χ3n) is 4.21. The van der Waals surface area contributed by atoms with Crippen LogP contribution in [0.5, 0.6) is 0 Å². The first-order valence-electron chi connectivity index (χ1n) is 7.53. The molecule has 1 saturated heterocycles. The van der Waals surface area contributed by atoms with Crippen LogP contribution in [0.15, 0.2) is 48.5 Å². The van der Waals surface area contributed by atoms with E-state index in [1.807, 2.05) is 24.3 Å². The lowest BCUT2D eigenvalue weighted by atomic mass is 9.88. The van der Waals surface area contributed by atoms with Crippen LogP contribution in [0.2, 0.25) is 0 Å². The van der Waals surface area contributed by atoms with Crippen molar-refractivity contribution in [2.75, 3.05) is 18.9 Å². The first kappa shape index (κ1) is 16.9. The van der Waals surface area contributed by atoms with Gasteiger partial charge in [-0.1, -0.05) is 24.3 Å². The molecule has 2 amide bonds. The van der Waals surface area contributed by atoms with Gasteiger partial charge >= 0.3 is 0 Å². The fraction of sp³-hybridized carbons (Fsp3) is 0.222. The first-order valence-corrected chi connectivity index (χ1v) is 8.61. The highest BCUT2D eigenvalue weighted by atomic mass is 127. The van der Waals surface area contributed by atoms with Crippen LogP contribution in [0.3, 0.4) is 0 Å². The minimum absolute atomic E-state index is 0.0891. The summed E-state index contributed by atoms with van der Waals surface area (Å²) >= 11 is 2.20. The van der Waals surface area contributed by atoms with Crippen molar-refractivity contribution in [2.45, 2.75) is 5.92 Å². The average Bonchev–Trinajstić information content (AvgIpc) is 2.85. The number of hydrogen-bond donors (Lipinski definition) is 1. The number of halogens is 2. The van der Waals surface area contributed by atoms with E-state index < -0.39 is 17.6 Å². The largest absolute Gasteiger partial charge is 0.344 e. The van der Waals surface area contributed by atoms with Gasteiger partial charge in [0, 0.05) is 23.1 Å². The van der Waals surface area contributed by atoms with Gasteiger partial charge in [0.1, 0.15) is 11.7 Å². The molecule has 2 aromatic rings. The van der Waals surface area contributed by atoms with E-state index in [0.717, 1.165) is 9.13 Å². The van der Waals surface area contributed by atoms with Gasteiger partial charge in [-0.3, -0.25) is 9.59 Å². The molecule has 1 aliphatic heterocycles. The summed E-state index contributed by atoms with van der Waals surface area (Å²) in [5.41, 5.74) is 1.03. The van der Waals surface area contributed by atoms with E-state index in [0.29, 0.717) is 6.54 Å². The second-order valence-corrected chi connectivity index (χ2v) is 7.07. The average molecular weight is 438 g/mol. The molecule has 4 nitrogen and oxygen atoms in total. The molecule has 24 heavy (non-hydrogen) atoms. The molecule has 0 radical (unpaired) electrons. The van der Waals surface area contributed by atoms with Crippen molar-refractivity contribution in [3.8, 4) is 0 Å². The molecule has 6 heteroatoms. The Labute approximate surface area is 153 Å². The number of likely N-dealkylation sites (N-methyl/N-ethyl adjacent to an activating group) is 1. The van der Waals surface area contributed by atoms with Crippen LogP contribution in [-0.2, 0) is 9.59 Å². The topological polar surface area (TPSA) is 49.4 Å². The standard InChI is InChI=1S/C18H16FIN2O2/c1-22-10-13(11-5-4-6-12(20)9-11)16(18(22)24)17(23)21-15-8-3-2-7-14(15)19/h2-9,13,16H,10H2,1H3,(H,21,23). The van der Waals surface area contributed by atoms with Gasteiger partial charge in [-0.25, -0.2) is 4.39 Å². The molecule has 2 unspecified atom stereocenters. The predicted octanol–water partition coefficient (Wildman–Crippen LogP) is 3.24. The van der Waals surface area contributed by atoms with Crippen molar-refractivity contribution in [1.29, 1.82) is 0 Å². The number of nitrogens with zero attached hydrogens (tertiary/aromatic N) is 1. The smallest absolute Gasteiger partial charge is 0.237 e. The maximum atomic E-state index is 13.8. The lowest BCUT2D eigenvalue weighted by Crippen LogP contribution is -2.33. The molecule has 2 aromatic carbocycles. The fourth-order valence-electron chi connectivity index (χ4n) is 3.00. The van der Waals surface area contributed by atoms with Gasteiger partial charge in [0.25, 0.3) is 0 Å². The van der Waals surface area contributed by atoms with Crippen molar-refractivity contribution in [3.05, 3.63) is 63.5 Å². The maximum Gasteiger partial charge on any atom is 0.237 e. The van der Waals surface area contributed by atoms with Crippen LogP contribution in [0.25, 0.3) is 0 Å². The number of likely N-dealkylation sites (tertiary alicyclic amines) is 1. The molecule has 1 heterocycles. The van der Waals surface area contributed by atoms with Gasteiger partial charge in [-0.15, -0.1) is 0 Å². The van der Waals surface area contributed by atoms with E-state index >= 15 is 0 Å². The van der Waals surface area contributed by atoms with Crippen LogP contribution in [0.4, 0.5) is 10.1 Å². The molecule has 3 rings (SSSR count). The highest BCUT2D eigenvalue weighted by Gasteiger charge is 2.44. The summed E-state index contributed by atoms with van der Waals surface area (Å²) in [5, 5.41) is 2.55. The SMILES string of the molecule is CN1CC(c2cccc(I)c2)C(C(=O)Nc2ccccc2F)C1=O. The van der Waals surface area contributed by atoms with Gasteiger partial charge in [0.2, 0.25) is 11.8 Å². The fourth-order valence-corrected chi connectivity index (χ4v) is 3.57. The zero-order valence-electron chi connectivity index (χ0n) is 13.0. The van der Waals surface area contributed by atoms with Crippen LogP contribution in [0, 0.1) is 15.3 Å². The molecule has 1 fully saturated rings. The number of rotatable bonds is 3. The molecule has 0 saturated carbocycles. The summed E-state index contributed by atoms with van der Waals surface area (Å²) in [6.07, 6.45) is 0. The van der Waals surface area contributed by atoms with E-state index in [-0.39, 0.29) is 17.5 Å². The summed E-state index contributed by atoms with van der Waals surface area (Å²) in [6.45, 7) is 0.467. The van der Waals surface area contributed by atoms with E-state index in [9.17, 15) is 14.0 Å². The molecule has 0 spiro atoms. The molecule has 0 aliphatic carbocycles. The Balaban J connectivity index is 1.89. The van der Waals surface area contributed by atoms with Crippen molar-refractivity contribution in [2.24, 2.45) is 5.92 Å². The van der Waals surface area contributed by atoms with E-state index in [1.54, 1.807) is 24.1 Å². The monoisotopic (exact) mass is 438 g/mol. The molecule has 1 N–H and O–H groups in total. The van der Waals surface area contributed by atoms with E-state index in [1.165, 1.54) is 12.1 Å². The Morgan fingerprint density at radius 1 is 1.25 bits per heavy atom. The number of amides is 2. The summed E-state index contributed by atoms with van der Waals surface area (Å²) in [5.74, 6) is -2.33. The lowest BCUT2D eigenvalue weighted by molar-refractivity contribution is -0.135. The van der Waals surface area contributed by atoms with Gasteiger partial charge in [0.05, 0.1) is 5.69 Å². The number of anilines is 1. The van der Waals surface area contributed by atoms with Gasteiger partial charge < -0.3 is 10.2 Å². The number of carbonyl (C=O) groups excluding carboxylic acids is 2. The van der Waals surface area contributed by atoms with Crippen molar-refractivity contribution < 1.29 is 14.0 Å². The normalized spacial score (nSPS) is 20.3. The highest BCUT2D eigenvalue weighted by molar-refractivity contribution is 14.1. The predicted molar refractivity (Wildman–Crippen MR) is 98.1 cm³/mol. The summed E-state index contributed by atoms with van der Waals surface area (Å²) in [7, 11) is 1.68. The zero-order valence-corrected chi connectivity index (χ0v) is 15.2. The molecular weight excluding hydrogens is 422 g/mol. The Morgan fingerprint density at radius 2 is 2.00 bits per heavy atom. The van der Waals surface area contributed by atoms with E-state index in [2.05, 4.69) is 27.9 Å². The Hall–Kier alpha value is -1.96. The van der Waals surface area contributed by atoms with Gasteiger partial charge in [-0.05, 0) is 52.4 Å². The second kappa shape index (κ2) is 6.88. The van der Waals surface area contributed by atoms with Crippen molar-refractivity contribution in [1.82, 2.24) is 4.90 Å².